The second-order valence-electron chi connectivity index (χ2n) is 8.15. The number of aryl methyl sites for hydroxylation is 1. The summed E-state index contributed by atoms with van der Waals surface area (Å²) in [5.41, 5.74) is 4.94. The first-order chi connectivity index (χ1) is 15.6. The highest BCUT2D eigenvalue weighted by Crippen LogP contribution is 2.25. The van der Waals surface area contributed by atoms with E-state index in [2.05, 4.69) is 50.4 Å². The lowest BCUT2D eigenvalue weighted by molar-refractivity contribution is 0.102. The number of nitrogens with one attached hydrogen (secondary N) is 2. The number of hydrogen-bond donors (Lipinski definition) is 2. The Hall–Kier alpha value is -3.80. The molecule has 1 amide bonds. The highest BCUT2D eigenvalue weighted by atomic mass is 19.1. The quantitative estimate of drug-likeness (QED) is 0.470. The summed E-state index contributed by atoms with van der Waals surface area (Å²) in [6.45, 7) is 5.60. The number of hydrogen-bond acceptors (Lipinski definition) is 3. The zero-order chi connectivity index (χ0) is 22.1. The molecular formula is C26H25FN4O. The van der Waals surface area contributed by atoms with E-state index in [0.717, 1.165) is 37.4 Å². The average Bonchev–Trinajstić information content (AvgIpc) is 3.30. The lowest BCUT2D eigenvalue weighted by atomic mass is 10.1. The van der Waals surface area contributed by atoms with E-state index >= 15 is 0 Å². The summed E-state index contributed by atoms with van der Waals surface area (Å²) in [6.07, 6.45) is 0. The van der Waals surface area contributed by atoms with Gasteiger partial charge in [-0.15, -0.1) is 0 Å². The summed E-state index contributed by atoms with van der Waals surface area (Å²) in [6, 6.07) is 23.0. The molecule has 1 saturated heterocycles. The normalized spacial score (nSPS) is 14.1. The van der Waals surface area contributed by atoms with Crippen LogP contribution in [-0.4, -0.2) is 37.1 Å². The van der Waals surface area contributed by atoms with Crippen LogP contribution >= 0.6 is 0 Å². The molecule has 0 saturated carbocycles. The molecule has 2 heterocycles. The van der Waals surface area contributed by atoms with Crippen molar-refractivity contribution in [3.05, 3.63) is 89.9 Å². The van der Waals surface area contributed by atoms with E-state index in [0.29, 0.717) is 22.3 Å². The molecule has 0 radical (unpaired) electrons. The number of benzene rings is 3. The van der Waals surface area contributed by atoms with Crippen LogP contribution in [0.5, 0.6) is 0 Å². The highest BCUT2D eigenvalue weighted by Gasteiger charge is 2.18. The second kappa shape index (κ2) is 8.38. The maximum atomic E-state index is 14.1. The van der Waals surface area contributed by atoms with Gasteiger partial charge >= 0.3 is 0 Å². The third-order valence-electron chi connectivity index (χ3n) is 6.06. The number of carbonyl (C=O) groups excluding carboxylic acids is 1. The Morgan fingerprint density at radius 1 is 0.875 bits per heavy atom. The zero-order valence-electron chi connectivity index (χ0n) is 17.9. The van der Waals surface area contributed by atoms with Crippen LogP contribution in [0.4, 0.5) is 21.5 Å². The predicted octanol–water partition coefficient (Wildman–Crippen LogP) is 5.19. The Morgan fingerprint density at radius 3 is 2.28 bits per heavy atom. The first kappa shape index (κ1) is 20.1. The van der Waals surface area contributed by atoms with Gasteiger partial charge < -0.3 is 20.1 Å². The minimum atomic E-state index is -0.336. The number of piperazine rings is 1. The summed E-state index contributed by atoms with van der Waals surface area (Å²) in [5.74, 6) is -0.622. The van der Waals surface area contributed by atoms with Crippen molar-refractivity contribution >= 4 is 33.9 Å². The van der Waals surface area contributed by atoms with Gasteiger partial charge in [0.15, 0.2) is 0 Å². The molecule has 0 spiro atoms. The largest absolute Gasteiger partial charge is 0.368 e. The van der Waals surface area contributed by atoms with Crippen molar-refractivity contribution in [1.29, 1.82) is 0 Å². The number of nitrogens with zero attached hydrogens (tertiary/aromatic N) is 2. The third kappa shape index (κ3) is 3.91. The lowest BCUT2D eigenvalue weighted by Crippen LogP contribution is -2.46. The van der Waals surface area contributed by atoms with Gasteiger partial charge in [0.05, 0.1) is 5.52 Å². The van der Waals surface area contributed by atoms with Crippen molar-refractivity contribution in [2.45, 2.75) is 6.92 Å². The fourth-order valence-electron chi connectivity index (χ4n) is 4.29. The summed E-state index contributed by atoms with van der Waals surface area (Å²) >= 11 is 0. The van der Waals surface area contributed by atoms with Crippen LogP contribution in [0.25, 0.3) is 10.9 Å². The zero-order valence-corrected chi connectivity index (χ0v) is 17.9. The Morgan fingerprint density at radius 2 is 1.56 bits per heavy atom. The van der Waals surface area contributed by atoms with Crippen molar-refractivity contribution in [2.75, 3.05) is 41.3 Å². The number of aromatic amines is 1. The first-order valence-corrected chi connectivity index (χ1v) is 10.8. The molecule has 0 unspecified atom stereocenters. The van der Waals surface area contributed by atoms with Crippen LogP contribution in [0.1, 0.15) is 16.1 Å². The number of fused-ring (bicyclic) bond motifs is 1. The van der Waals surface area contributed by atoms with Crippen molar-refractivity contribution < 1.29 is 9.18 Å². The van der Waals surface area contributed by atoms with E-state index in [9.17, 15) is 9.18 Å². The van der Waals surface area contributed by atoms with Crippen LogP contribution in [0, 0.1) is 12.7 Å². The Kier molecular flexibility index (Phi) is 5.27. The number of rotatable bonds is 4. The van der Waals surface area contributed by atoms with E-state index in [-0.39, 0.29) is 11.7 Å². The van der Waals surface area contributed by atoms with Gasteiger partial charge in [0.1, 0.15) is 11.5 Å². The summed E-state index contributed by atoms with van der Waals surface area (Å²) < 4.78 is 14.1. The standard InChI is InChI=1S/C26H25FN4O/c1-18-10-11-23(27)22-17-24(29-25(18)22)26(32)28-19-6-5-9-21(16-19)31-14-12-30(13-15-31)20-7-3-2-4-8-20/h2-11,16-17,29H,12-15H2,1H3,(H,28,32). The number of aromatic nitrogens is 1. The topological polar surface area (TPSA) is 51.4 Å². The van der Waals surface area contributed by atoms with E-state index in [1.165, 1.54) is 11.8 Å². The van der Waals surface area contributed by atoms with Gasteiger partial charge in [0.25, 0.3) is 5.91 Å². The number of carbonyl (C=O) groups is 1. The SMILES string of the molecule is Cc1ccc(F)c2cc(C(=O)Nc3cccc(N4CCN(c5ccccc5)CC4)c3)[nH]c12. The maximum absolute atomic E-state index is 14.1. The van der Waals surface area contributed by atoms with Crippen molar-refractivity contribution in [3.63, 3.8) is 0 Å². The average molecular weight is 429 g/mol. The monoisotopic (exact) mass is 428 g/mol. The molecule has 5 rings (SSSR count). The molecule has 1 aromatic heterocycles. The Bertz CT molecular complexity index is 1220. The van der Waals surface area contributed by atoms with Gasteiger partial charge in [-0.2, -0.15) is 0 Å². The number of amides is 1. The second-order valence-corrected chi connectivity index (χ2v) is 8.15. The molecule has 4 aromatic rings. The molecule has 0 bridgehead atoms. The number of H-pyrrole nitrogens is 1. The molecule has 6 heteroatoms. The third-order valence-corrected chi connectivity index (χ3v) is 6.06. The van der Waals surface area contributed by atoms with Crippen molar-refractivity contribution in [2.24, 2.45) is 0 Å². The van der Waals surface area contributed by atoms with Gasteiger partial charge in [-0.1, -0.05) is 30.3 Å². The molecule has 162 valence electrons. The fourth-order valence-corrected chi connectivity index (χ4v) is 4.29. The smallest absolute Gasteiger partial charge is 0.272 e. The molecule has 3 aromatic carbocycles. The minimum Gasteiger partial charge on any atom is -0.368 e. The van der Waals surface area contributed by atoms with E-state index in [1.807, 2.05) is 31.2 Å². The summed E-state index contributed by atoms with van der Waals surface area (Å²) in [7, 11) is 0. The molecule has 0 aliphatic carbocycles. The predicted molar refractivity (Wildman–Crippen MR) is 128 cm³/mol. The van der Waals surface area contributed by atoms with Gasteiger partial charge in [-0.05, 0) is 55.0 Å². The first-order valence-electron chi connectivity index (χ1n) is 10.8. The highest BCUT2D eigenvalue weighted by molar-refractivity contribution is 6.06. The van der Waals surface area contributed by atoms with Crippen molar-refractivity contribution in [1.82, 2.24) is 4.98 Å². The maximum Gasteiger partial charge on any atom is 0.272 e. The molecule has 32 heavy (non-hydrogen) atoms. The molecule has 0 atom stereocenters. The number of para-hydroxylation sites is 1. The molecule has 1 fully saturated rings. The lowest BCUT2D eigenvalue weighted by Gasteiger charge is -2.37. The summed E-state index contributed by atoms with van der Waals surface area (Å²) in [4.78, 5) is 20.6. The molecule has 2 N–H and O–H groups in total. The van der Waals surface area contributed by atoms with Crippen LogP contribution in [0.15, 0.2) is 72.8 Å². The fraction of sp³-hybridized carbons (Fsp3) is 0.192. The minimum absolute atomic E-state index is 0.286. The number of anilines is 3. The van der Waals surface area contributed by atoms with Crippen LogP contribution in [0.2, 0.25) is 0 Å². The van der Waals surface area contributed by atoms with E-state index < -0.39 is 0 Å². The van der Waals surface area contributed by atoms with Gasteiger partial charge in [-0.25, -0.2) is 4.39 Å². The van der Waals surface area contributed by atoms with E-state index in [1.54, 1.807) is 12.1 Å². The molecule has 1 aliphatic rings. The molecular weight excluding hydrogens is 403 g/mol. The Balaban J connectivity index is 1.28. The summed E-state index contributed by atoms with van der Waals surface area (Å²) in [5, 5.41) is 3.37. The molecule has 5 nitrogen and oxygen atoms in total. The van der Waals surface area contributed by atoms with Crippen molar-refractivity contribution in [3.8, 4) is 0 Å². The van der Waals surface area contributed by atoms with Crippen LogP contribution in [-0.2, 0) is 0 Å². The van der Waals surface area contributed by atoms with Crippen LogP contribution < -0.4 is 15.1 Å². The van der Waals surface area contributed by atoms with E-state index in [4.69, 9.17) is 0 Å². The molecule has 1 aliphatic heterocycles. The van der Waals surface area contributed by atoms with Gasteiger partial charge in [0, 0.05) is 48.6 Å². The van der Waals surface area contributed by atoms with Gasteiger partial charge in [-0.3, -0.25) is 4.79 Å². The number of halogens is 1. The van der Waals surface area contributed by atoms with Gasteiger partial charge in [0.2, 0.25) is 0 Å². The van der Waals surface area contributed by atoms with Crippen LogP contribution in [0.3, 0.4) is 0 Å². The Labute approximate surface area is 186 Å².